The standard InChI is InChI=1S/C26H30O2S/c1-18-11-13-20(14-12-18)26-15-23(27)25(22(26)16-29-17-26)28-24-10-6-5-9-21(24)19-7-3-2-4-8-19/h2-4,7-8,11-14,21-22,24-25H,5-6,9-10,15-17H2,1H3/t21-,22+,24+,25+,26+/m0/s1. The van der Waals surface area contributed by atoms with Gasteiger partial charge in [0, 0.05) is 29.4 Å². The average Bonchev–Trinajstić information content (AvgIpc) is 3.27. The second kappa shape index (κ2) is 7.92. The number of ketones is 1. The summed E-state index contributed by atoms with van der Waals surface area (Å²) in [7, 11) is 0. The molecule has 5 rings (SSSR count). The van der Waals surface area contributed by atoms with Crippen molar-refractivity contribution in [1.82, 2.24) is 0 Å². The molecule has 1 heterocycles. The Hall–Kier alpha value is -1.58. The minimum Gasteiger partial charge on any atom is -0.366 e. The molecular formula is C26H30O2S. The molecule has 0 bridgehead atoms. The zero-order chi connectivity index (χ0) is 19.8. The van der Waals surface area contributed by atoms with Crippen molar-refractivity contribution in [3.8, 4) is 0 Å². The van der Waals surface area contributed by atoms with Crippen LogP contribution in [0.1, 0.15) is 54.7 Å². The Balaban J connectivity index is 1.41. The maximum Gasteiger partial charge on any atom is 0.162 e. The number of ether oxygens (including phenoxy) is 1. The van der Waals surface area contributed by atoms with Crippen molar-refractivity contribution >= 4 is 17.5 Å². The van der Waals surface area contributed by atoms with E-state index in [1.165, 1.54) is 29.5 Å². The van der Waals surface area contributed by atoms with Crippen molar-refractivity contribution in [3.63, 3.8) is 0 Å². The van der Waals surface area contributed by atoms with Gasteiger partial charge in [-0.3, -0.25) is 4.79 Å². The smallest absolute Gasteiger partial charge is 0.162 e. The largest absolute Gasteiger partial charge is 0.366 e. The van der Waals surface area contributed by atoms with Gasteiger partial charge in [0.15, 0.2) is 5.78 Å². The number of fused-ring (bicyclic) bond motifs is 1. The van der Waals surface area contributed by atoms with Crippen LogP contribution in [-0.2, 0) is 14.9 Å². The van der Waals surface area contributed by atoms with Gasteiger partial charge in [-0.25, -0.2) is 0 Å². The summed E-state index contributed by atoms with van der Waals surface area (Å²) in [5.74, 6) is 3.13. The summed E-state index contributed by atoms with van der Waals surface area (Å²) in [4.78, 5) is 13.2. The van der Waals surface area contributed by atoms with E-state index in [1.54, 1.807) is 0 Å². The van der Waals surface area contributed by atoms with E-state index >= 15 is 0 Å². The predicted octanol–water partition coefficient (Wildman–Crippen LogP) is 5.68. The lowest BCUT2D eigenvalue weighted by molar-refractivity contribution is -0.135. The van der Waals surface area contributed by atoms with Crippen LogP contribution in [0.15, 0.2) is 54.6 Å². The molecule has 152 valence electrons. The predicted molar refractivity (Wildman–Crippen MR) is 120 cm³/mol. The Bertz CT molecular complexity index is 862. The highest BCUT2D eigenvalue weighted by molar-refractivity contribution is 7.99. The van der Waals surface area contributed by atoms with Gasteiger partial charge in [-0.1, -0.05) is 73.0 Å². The summed E-state index contributed by atoms with van der Waals surface area (Å²) >= 11 is 2.00. The molecule has 2 aliphatic carbocycles. The van der Waals surface area contributed by atoms with Gasteiger partial charge in [-0.05, 0) is 36.6 Å². The number of benzene rings is 2. The monoisotopic (exact) mass is 406 g/mol. The molecule has 0 N–H and O–H groups in total. The fourth-order valence-corrected chi connectivity index (χ4v) is 7.53. The highest BCUT2D eigenvalue weighted by Crippen LogP contribution is 2.54. The van der Waals surface area contributed by atoms with Crippen LogP contribution in [0.4, 0.5) is 0 Å². The molecule has 3 heteroatoms. The SMILES string of the molecule is Cc1ccc([C@@]23CSC[C@@H]2[C@@H](O[C@@H]2CCCC[C@H]2c2ccccc2)C(=O)C3)cc1. The van der Waals surface area contributed by atoms with Gasteiger partial charge in [-0.2, -0.15) is 11.8 Å². The van der Waals surface area contributed by atoms with Crippen LogP contribution >= 0.6 is 11.8 Å². The van der Waals surface area contributed by atoms with Crippen LogP contribution in [0.2, 0.25) is 0 Å². The van der Waals surface area contributed by atoms with E-state index in [4.69, 9.17) is 4.74 Å². The zero-order valence-corrected chi connectivity index (χ0v) is 18.0. The van der Waals surface area contributed by atoms with Gasteiger partial charge < -0.3 is 4.74 Å². The molecule has 5 atom stereocenters. The number of rotatable bonds is 4. The van der Waals surface area contributed by atoms with E-state index < -0.39 is 0 Å². The Morgan fingerprint density at radius 3 is 2.55 bits per heavy atom. The molecule has 0 amide bonds. The van der Waals surface area contributed by atoms with Crippen LogP contribution in [0.25, 0.3) is 0 Å². The Labute approximate surface area is 178 Å². The number of hydrogen-bond acceptors (Lipinski definition) is 3. The van der Waals surface area contributed by atoms with E-state index in [2.05, 4.69) is 61.5 Å². The second-order valence-electron chi connectivity index (χ2n) is 9.18. The first kappa shape index (κ1) is 19.4. The molecule has 1 aliphatic heterocycles. The maximum absolute atomic E-state index is 13.2. The molecule has 3 fully saturated rings. The first-order chi connectivity index (χ1) is 14.2. The number of carbonyl (C=O) groups is 1. The average molecular weight is 407 g/mol. The molecule has 0 unspecified atom stereocenters. The Morgan fingerprint density at radius 2 is 1.76 bits per heavy atom. The van der Waals surface area contributed by atoms with Crippen molar-refractivity contribution in [3.05, 3.63) is 71.3 Å². The number of thioether (sulfide) groups is 1. The van der Waals surface area contributed by atoms with Gasteiger partial charge in [0.1, 0.15) is 6.10 Å². The van der Waals surface area contributed by atoms with Crippen molar-refractivity contribution < 1.29 is 9.53 Å². The van der Waals surface area contributed by atoms with Gasteiger partial charge in [-0.15, -0.1) is 0 Å². The lowest BCUT2D eigenvalue weighted by atomic mass is 9.74. The molecule has 0 aromatic heterocycles. The number of Topliss-reactive ketones (excluding diaryl/α,β-unsaturated/α-hetero) is 1. The Kier molecular flexibility index (Phi) is 5.30. The number of carbonyl (C=O) groups excluding carboxylic acids is 1. The third-order valence-corrected chi connectivity index (χ3v) is 8.73. The molecule has 1 saturated heterocycles. The molecule has 0 spiro atoms. The van der Waals surface area contributed by atoms with Gasteiger partial charge in [0.2, 0.25) is 0 Å². The van der Waals surface area contributed by atoms with E-state index in [1.807, 2.05) is 11.8 Å². The molecule has 2 saturated carbocycles. The van der Waals surface area contributed by atoms with Crippen molar-refractivity contribution in [1.29, 1.82) is 0 Å². The fourth-order valence-electron chi connectivity index (χ4n) is 5.82. The van der Waals surface area contributed by atoms with Crippen molar-refractivity contribution in [2.45, 2.75) is 62.6 Å². The second-order valence-corrected chi connectivity index (χ2v) is 10.2. The lowest BCUT2D eigenvalue weighted by Gasteiger charge is -2.36. The molecule has 3 aliphatic rings. The summed E-state index contributed by atoms with van der Waals surface area (Å²) in [5.41, 5.74) is 3.95. The van der Waals surface area contributed by atoms with Gasteiger partial charge in [0.25, 0.3) is 0 Å². The number of hydrogen-bond donors (Lipinski definition) is 0. The summed E-state index contributed by atoms with van der Waals surface area (Å²) < 4.78 is 6.75. The summed E-state index contributed by atoms with van der Waals surface area (Å²) in [6.07, 6.45) is 5.27. The topological polar surface area (TPSA) is 26.3 Å². The van der Waals surface area contributed by atoms with Crippen molar-refractivity contribution in [2.24, 2.45) is 5.92 Å². The molecule has 2 aromatic carbocycles. The van der Waals surface area contributed by atoms with Gasteiger partial charge in [0.05, 0.1) is 6.10 Å². The third kappa shape index (κ3) is 3.47. The zero-order valence-electron chi connectivity index (χ0n) is 17.2. The summed E-state index contributed by atoms with van der Waals surface area (Å²) in [6.45, 7) is 2.13. The minimum absolute atomic E-state index is 0.0307. The van der Waals surface area contributed by atoms with Crippen LogP contribution in [-0.4, -0.2) is 29.5 Å². The fraction of sp³-hybridized carbons (Fsp3) is 0.500. The third-order valence-electron chi connectivity index (χ3n) is 7.42. The van der Waals surface area contributed by atoms with Crippen LogP contribution < -0.4 is 0 Å². The van der Waals surface area contributed by atoms with Crippen molar-refractivity contribution in [2.75, 3.05) is 11.5 Å². The maximum atomic E-state index is 13.2. The van der Waals surface area contributed by atoms with E-state index in [0.717, 1.165) is 24.3 Å². The van der Waals surface area contributed by atoms with E-state index in [0.29, 0.717) is 24.0 Å². The van der Waals surface area contributed by atoms with Crippen LogP contribution in [0, 0.1) is 12.8 Å². The quantitative estimate of drug-likeness (QED) is 0.653. The lowest BCUT2D eigenvalue weighted by Crippen LogP contribution is -2.39. The first-order valence-electron chi connectivity index (χ1n) is 11.1. The molecule has 0 radical (unpaired) electrons. The van der Waals surface area contributed by atoms with Gasteiger partial charge >= 0.3 is 0 Å². The first-order valence-corrected chi connectivity index (χ1v) is 12.2. The molecule has 2 nitrogen and oxygen atoms in total. The normalized spacial score (nSPS) is 34.3. The highest BCUT2D eigenvalue weighted by atomic mass is 32.2. The molecule has 2 aromatic rings. The number of aryl methyl sites for hydroxylation is 1. The molecule has 29 heavy (non-hydrogen) atoms. The highest BCUT2D eigenvalue weighted by Gasteiger charge is 2.58. The summed E-state index contributed by atoms with van der Waals surface area (Å²) in [5, 5.41) is 0. The summed E-state index contributed by atoms with van der Waals surface area (Å²) in [6, 6.07) is 19.7. The van der Waals surface area contributed by atoms with Crippen LogP contribution in [0.3, 0.4) is 0 Å². The molecular weight excluding hydrogens is 376 g/mol. The minimum atomic E-state index is -0.236. The van der Waals surface area contributed by atoms with Crippen LogP contribution in [0.5, 0.6) is 0 Å². The van der Waals surface area contributed by atoms with E-state index in [-0.39, 0.29) is 17.6 Å². The van der Waals surface area contributed by atoms with E-state index in [9.17, 15) is 4.79 Å². The Morgan fingerprint density at radius 1 is 1.00 bits per heavy atom.